The van der Waals surface area contributed by atoms with Crippen molar-refractivity contribution in [1.82, 2.24) is 4.98 Å². The van der Waals surface area contributed by atoms with E-state index in [-0.39, 0.29) is 11.9 Å². The van der Waals surface area contributed by atoms with Gasteiger partial charge in [0.05, 0.1) is 19.6 Å². The van der Waals surface area contributed by atoms with Crippen molar-refractivity contribution in [2.75, 3.05) is 32.2 Å². The zero-order valence-corrected chi connectivity index (χ0v) is 19.4. The number of carbonyl (C=O) groups excluding carboxylic acids is 1. The van der Waals surface area contributed by atoms with Crippen molar-refractivity contribution in [3.05, 3.63) is 54.1 Å². The fourth-order valence-electron chi connectivity index (χ4n) is 3.71. The smallest absolute Gasteiger partial charge is 0.308 e. The van der Waals surface area contributed by atoms with Gasteiger partial charge in [-0.05, 0) is 42.7 Å². The predicted octanol–water partition coefficient (Wildman–Crippen LogP) is 5.65. The van der Waals surface area contributed by atoms with Crippen LogP contribution in [0.3, 0.4) is 0 Å². The number of benzene rings is 2. The second kappa shape index (κ2) is 12.1. The van der Waals surface area contributed by atoms with E-state index in [2.05, 4.69) is 11.9 Å². The van der Waals surface area contributed by atoms with Crippen molar-refractivity contribution in [2.45, 2.75) is 45.4 Å². The molecule has 32 heavy (non-hydrogen) atoms. The number of aromatic nitrogens is 1. The van der Waals surface area contributed by atoms with E-state index in [1.807, 2.05) is 60.5 Å². The Bertz CT molecular complexity index is 934. The molecule has 0 spiro atoms. The number of esters is 1. The average Bonchev–Trinajstić information content (AvgIpc) is 3.26. The van der Waals surface area contributed by atoms with Gasteiger partial charge < -0.3 is 18.8 Å². The molecule has 0 aliphatic heterocycles. The fourth-order valence-corrected chi connectivity index (χ4v) is 3.71. The van der Waals surface area contributed by atoms with Crippen molar-refractivity contribution in [1.29, 1.82) is 0 Å². The first-order valence-corrected chi connectivity index (χ1v) is 11.5. The molecule has 3 aromatic rings. The number of anilines is 1. The normalized spacial score (nSPS) is 12.0. The van der Waals surface area contributed by atoms with Gasteiger partial charge in [-0.3, -0.25) is 4.79 Å². The zero-order chi connectivity index (χ0) is 22.8. The lowest BCUT2D eigenvalue weighted by atomic mass is 9.93. The topological polar surface area (TPSA) is 64.8 Å². The van der Waals surface area contributed by atoms with Crippen LogP contribution in [-0.4, -0.2) is 38.3 Å². The van der Waals surface area contributed by atoms with Gasteiger partial charge in [0.1, 0.15) is 17.9 Å². The van der Waals surface area contributed by atoms with Gasteiger partial charge in [-0.1, -0.05) is 56.9 Å². The van der Waals surface area contributed by atoms with Crippen molar-refractivity contribution in [3.63, 3.8) is 0 Å². The molecule has 0 radical (unpaired) electrons. The molecule has 0 aliphatic rings. The van der Waals surface area contributed by atoms with E-state index in [1.165, 1.54) is 20.0 Å². The Kier molecular flexibility index (Phi) is 8.96. The first kappa shape index (κ1) is 23.6. The van der Waals surface area contributed by atoms with E-state index >= 15 is 0 Å². The molecule has 1 aromatic heterocycles. The number of unbranched alkanes of at least 4 members (excludes halogenated alkanes) is 3. The maximum Gasteiger partial charge on any atom is 0.308 e. The van der Waals surface area contributed by atoms with Crippen LogP contribution in [0.1, 0.15) is 44.6 Å². The van der Waals surface area contributed by atoms with Crippen LogP contribution < -0.4 is 9.64 Å². The molecule has 0 amide bonds. The highest BCUT2D eigenvalue weighted by Crippen LogP contribution is 2.22. The minimum absolute atomic E-state index is 0.0893. The maximum atomic E-state index is 12.2. The molecule has 0 saturated carbocycles. The molecule has 1 atom stereocenters. The molecule has 6 heteroatoms. The van der Waals surface area contributed by atoms with Gasteiger partial charge in [-0.15, -0.1) is 0 Å². The van der Waals surface area contributed by atoms with Crippen LogP contribution in [0.2, 0.25) is 0 Å². The summed E-state index contributed by atoms with van der Waals surface area (Å²) in [5.74, 6) is 0.593. The Labute approximate surface area is 190 Å². The summed E-state index contributed by atoms with van der Waals surface area (Å²) < 4.78 is 16.7. The van der Waals surface area contributed by atoms with Gasteiger partial charge in [0.25, 0.3) is 6.01 Å². The molecule has 0 bridgehead atoms. The molecule has 172 valence electrons. The largest absolute Gasteiger partial charge is 0.492 e. The zero-order valence-electron chi connectivity index (χ0n) is 19.4. The van der Waals surface area contributed by atoms with Gasteiger partial charge in [0.2, 0.25) is 0 Å². The van der Waals surface area contributed by atoms with Gasteiger partial charge in [-0.25, -0.2) is 0 Å². The van der Waals surface area contributed by atoms with Crippen LogP contribution in [0, 0.1) is 5.92 Å². The van der Waals surface area contributed by atoms with Gasteiger partial charge in [0, 0.05) is 7.05 Å². The molecule has 0 aliphatic carbocycles. The predicted molar refractivity (Wildman–Crippen MR) is 127 cm³/mol. The Morgan fingerprint density at radius 2 is 1.88 bits per heavy atom. The summed E-state index contributed by atoms with van der Waals surface area (Å²) in [6.45, 7) is 3.35. The molecule has 6 nitrogen and oxygen atoms in total. The van der Waals surface area contributed by atoms with Crippen LogP contribution >= 0.6 is 0 Å². The van der Waals surface area contributed by atoms with Crippen LogP contribution in [0.15, 0.2) is 52.9 Å². The number of para-hydroxylation sites is 2. The third kappa shape index (κ3) is 6.74. The summed E-state index contributed by atoms with van der Waals surface area (Å²) in [6, 6.07) is 16.3. The van der Waals surface area contributed by atoms with Crippen LogP contribution in [-0.2, 0) is 16.0 Å². The summed E-state index contributed by atoms with van der Waals surface area (Å²) in [5.41, 5.74) is 2.75. The van der Waals surface area contributed by atoms with Crippen molar-refractivity contribution in [3.8, 4) is 5.75 Å². The highest BCUT2D eigenvalue weighted by atomic mass is 16.5. The average molecular weight is 439 g/mol. The Balaban J connectivity index is 1.47. The molecule has 1 unspecified atom stereocenters. The third-order valence-electron chi connectivity index (χ3n) is 5.65. The van der Waals surface area contributed by atoms with Gasteiger partial charge in [-0.2, -0.15) is 4.98 Å². The highest BCUT2D eigenvalue weighted by molar-refractivity contribution is 5.74. The van der Waals surface area contributed by atoms with E-state index in [1.54, 1.807) is 0 Å². The van der Waals surface area contributed by atoms with Gasteiger partial charge >= 0.3 is 5.97 Å². The Morgan fingerprint density at radius 3 is 2.59 bits per heavy atom. The molecule has 0 fully saturated rings. The quantitative estimate of drug-likeness (QED) is 0.254. The number of oxazole rings is 1. The summed E-state index contributed by atoms with van der Waals surface area (Å²) in [7, 11) is 3.40. The Morgan fingerprint density at radius 1 is 1.09 bits per heavy atom. The maximum absolute atomic E-state index is 12.2. The van der Waals surface area contributed by atoms with Crippen molar-refractivity contribution < 1.29 is 18.7 Å². The van der Waals surface area contributed by atoms with E-state index in [9.17, 15) is 4.79 Å². The SMILES string of the molecule is CCCCCCC(Cc1ccc(OCCN(C)c2nc3ccccc3o2)cc1)C(=O)OC. The summed E-state index contributed by atoms with van der Waals surface area (Å²) in [4.78, 5) is 18.6. The van der Waals surface area contributed by atoms with Crippen molar-refractivity contribution in [2.24, 2.45) is 5.92 Å². The summed E-state index contributed by atoms with van der Waals surface area (Å²) in [6.07, 6.45) is 6.18. The van der Waals surface area contributed by atoms with E-state index in [4.69, 9.17) is 13.9 Å². The minimum Gasteiger partial charge on any atom is -0.492 e. The number of likely N-dealkylation sites (N-methyl/N-ethyl adjacent to an activating group) is 1. The lowest BCUT2D eigenvalue weighted by Crippen LogP contribution is -2.24. The number of fused-ring (bicyclic) bond motifs is 1. The van der Waals surface area contributed by atoms with E-state index in [0.717, 1.165) is 41.7 Å². The first-order valence-electron chi connectivity index (χ1n) is 11.5. The molecular formula is C26H34N2O4. The Hall–Kier alpha value is -3.02. The number of nitrogens with zero attached hydrogens (tertiary/aromatic N) is 2. The standard InChI is InChI=1S/C26H34N2O4/c1-4-5-6-7-10-21(25(29)30-3)19-20-13-15-22(16-14-20)31-18-17-28(2)26-27-23-11-8-9-12-24(23)32-26/h8-9,11-16,21H,4-7,10,17-19H2,1-3H3. The number of rotatable bonds is 13. The molecule has 2 aromatic carbocycles. The van der Waals surface area contributed by atoms with Crippen molar-refractivity contribution >= 4 is 23.1 Å². The molecule has 0 saturated heterocycles. The molecular weight excluding hydrogens is 404 g/mol. The molecule has 1 heterocycles. The number of methoxy groups -OCH3 is 1. The summed E-state index contributed by atoms with van der Waals surface area (Å²) >= 11 is 0. The molecule has 0 N–H and O–H groups in total. The second-order valence-electron chi connectivity index (χ2n) is 8.15. The minimum atomic E-state index is -0.121. The number of carbonyl (C=O) groups is 1. The molecule has 3 rings (SSSR count). The van der Waals surface area contributed by atoms with Gasteiger partial charge in [0.15, 0.2) is 5.58 Å². The lowest BCUT2D eigenvalue weighted by molar-refractivity contribution is -0.145. The fraction of sp³-hybridized carbons (Fsp3) is 0.462. The monoisotopic (exact) mass is 438 g/mol. The van der Waals surface area contributed by atoms with Crippen LogP contribution in [0.5, 0.6) is 5.75 Å². The second-order valence-corrected chi connectivity index (χ2v) is 8.15. The van der Waals surface area contributed by atoms with Crippen LogP contribution in [0.25, 0.3) is 11.1 Å². The third-order valence-corrected chi connectivity index (χ3v) is 5.65. The number of hydrogen-bond acceptors (Lipinski definition) is 6. The van der Waals surface area contributed by atoms with E-state index in [0.29, 0.717) is 25.6 Å². The summed E-state index contributed by atoms with van der Waals surface area (Å²) in [5, 5.41) is 0. The first-order chi connectivity index (χ1) is 15.6. The lowest BCUT2D eigenvalue weighted by Gasteiger charge is -2.16. The van der Waals surface area contributed by atoms with Crippen LogP contribution in [0.4, 0.5) is 6.01 Å². The van der Waals surface area contributed by atoms with E-state index < -0.39 is 0 Å². The highest BCUT2D eigenvalue weighted by Gasteiger charge is 2.19. The number of hydrogen-bond donors (Lipinski definition) is 0. The number of ether oxygens (including phenoxy) is 2.